The molecule has 0 aromatic rings. The van der Waals surface area contributed by atoms with Crippen molar-refractivity contribution < 1.29 is 57.1 Å². The maximum Gasteiger partial charge on any atom is 0.381 e. The van der Waals surface area contributed by atoms with Gasteiger partial charge in [-0.3, -0.25) is 4.66 Å². The first-order valence-corrected chi connectivity index (χ1v) is 11.6. The number of halogens is 13. The predicted molar refractivity (Wildman–Crippen MR) is 92.8 cm³/mol. The van der Waals surface area contributed by atoms with Gasteiger partial charge in [0.15, 0.2) is 17.9 Å². The van der Waals surface area contributed by atoms with Crippen LogP contribution >= 0.6 is 0 Å². The van der Waals surface area contributed by atoms with E-state index in [0.717, 1.165) is 9.80 Å². The van der Waals surface area contributed by atoms with Gasteiger partial charge in [0.05, 0.1) is 0 Å². The van der Waals surface area contributed by atoms with Crippen LogP contribution in [0.3, 0.4) is 0 Å². The fourth-order valence-corrected chi connectivity index (χ4v) is 4.53. The Kier molecular flexibility index (Phi) is 9.02. The molecule has 0 heterocycles. The van der Waals surface area contributed by atoms with Crippen LogP contribution in [0.15, 0.2) is 4.66 Å². The minimum atomic E-state index is -7.47. The van der Waals surface area contributed by atoms with Crippen molar-refractivity contribution >= 4 is 14.2 Å². The lowest BCUT2D eigenvalue weighted by atomic mass is 9.94. The van der Waals surface area contributed by atoms with E-state index in [9.17, 15) is 57.1 Å². The van der Waals surface area contributed by atoms with Crippen LogP contribution in [0.4, 0.5) is 57.1 Å². The number of hydrogen-bond donors (Lipinski definition) is 0. The largest absolute Gasteiger partial charge is 0.381 e. The summed E-state index contributed by atoms with van der Waals surface area (Å²) in [4.78, 5) is 2.25. The zero-order chi connectivity index (χ0) is 26.2. The molecule has 0 rings (SSSR count). The summed E-state index contributed by atoms with van der Waals surface area (Å²) in [5.74, 6) is -32.9. The third-order valence-corrected chi connectivity index (χ3v) is 6.60. The molecule has 0 aromatic carbocycles. The van der Waals surface area contributed by atoms with Gasteiger partial charge >= 0.3 is 23.7 Å². The van der Waals surface area contributed by atoms with E-state index in [0.29, 0.717) is 13.1 Å². The van der Waals surface area contributed by atoms with Gasteiger partial charge in [-0.05, 0) is 13.1 Å². The van der Waals surface area contributed by atoms with Crippen molar-refractivity contribution in [2.24, 2.45) is 4.66 Å². The van der Waals surface area contributed by atoms with Crippen molar-refractivity contribution in [2.75, 3.05) is 28.2 Å². The Labute approximate surface area is 176 Å². The molecule has 3 atom stereocenters. The first-order chi connectivity index (χ1) is 13.9. The highest BCUT2D eigenvalue weighted by Crippen LogP contribution is 2.57. The molecule has 3 nitrogen and oxygen atoms in total. The zero-order valence-corrected chi connectivity index (χ0v) is 18.6. The van der Waals surface area contributed by atoms with Gasteiger partial charge in [-0.15, -0.1) is 0 Å². The molecule has 0 amide bonds. The minimum absolute atomic E-state index is 0.262. The molecule has 0 aliphatic heterocycles. The van der Waals surface area contributed by atoms with E-state index in [1.54, 1.807) is 0 Å². The molecule has 0 bridgehead atoms. The van der Waals surface area contributed by atoms with Crippen LogP contribution in [0.2, 0.25) is 13.1 Å². The molecule has 17 heteroatoms. The van der Waals surface area contributed by atoms with Crippen LogP contribution in [0, 0.1) is 0 Å². The van der Waals surface area contributed by atoms with Crippen molar-refractivity contribution in [1.29, 1.82) is 0 Å². The summed E-state index contributed by atoms with van der Waals surface area (Å²) in [6.45, 7) is 1.19. The van der Waals surface area contributed by atoms with Gasteiger partial charge in [0.1, 0.15) is 0 Å². The SMILES string of the molecule is CN(C)C(=N[Si](C)(C)C(F)C(F)(F)C(F)(F)C(F)(F)C(F)(F)C(F)C(F)C(F)F)N(C)C. The molecule has 0 aromatic heterocycles. The summed E-state index contributed by atoms with van der Waals surface area (Å²) in [5.41, 5.74) is 0. The number of alkyl halides is 13. The molecule has 0 fully saturated rings. The number of hydrogen-bond acceptors (Lipinski definition) is 1. The third kappa shape index (κ3) is 5.21. The van der Waals surface area contributed by atoms with E-state index < -0.39 is 56.5 Å². The topological polar surface area (TPSA) is 18.8 Å². The van der Waals surface area contributed by atoms with Crippen LogP contribution in [0.1, 0.15) is 0 Å². The van der Waals surface area contributed by atoms with Crippen LogP contribution in [-0.4, -0.2) is 100 Å². The maximum atomic E-state index is 14.6. The zero-order valence-electron chi connectivity index (χ0n) is 17.6. The quantitative estimate of drug-likeness (QED) is 0.184. The van der Waals surface area contributed by atoms with Crippen molar-refractivity contribution in [3.63, 3.8) is 0 Å². The van der Waals surface area contributed by atoms with Gasteiger partial charge in [0.25, 0.3) is 6.43 Å². The molecule has 192 valence electrons. The van der Waals surface area contributed by atoms with Gasteiger partial charge in [-0.2, -0.15) is 35.1 Å². The maximum absolute atomic E-state index is 14.6. The van der Waals surface area contributed by atoms with Gasteiger partial charge in [-0.25, -0.2) is 22.0 Å². The summed E-state index contributed by atoms with van der Waals surface area (Å²) in [6, 6.07) is 0. The second-order valence-electron chi connectivity index (χ2n) is 7.79. The monoisotopic (exact) mass is 519 g/mol. The Morgan fingerprint density at radius 1 is 0.688 bits per heavy atom. The van der Waals surface area contributed by atoms with Crippen LogP contribution in [-0.2, 0) is 0 Å². The Bertz CT molecular complexity index is 657. The van der Waals surface area contributed by atoms with E-state index in [1.165, 1.54) is 28.2 Å². The standard InChI is InChI=1S/C15H22F13N3Si/c1-30(2)11(31(3)4)29-32(5,6)10(20)13(23,24)15(27,28)14(25,26)12(21,22)8(17)7(16)9(18)19/h7-10H,1-6H3. The third-order valence-electron chi connectivity index (χ3n) is 4.22. The van der Waals surface area contributed by atoms with Gasteiger partial charge in [0, 0.05) is 28.2 Å². The molecule has 0 N–H and O–H groups in total. The Morgan fingerprint density at radius 3 is 1.34 bits per heavy atom. The highest BCUT2D eigenvalue weighted by molar-refractivity contribution is 6.78. The fourth-order valence-electron chi connectivity index (χ4n) is 2.44. The Balaban J connectivity index is 6.45. The molecule has 0 aliphatic carbocycles. The number of nitrogens with zero attached hydrogens (tertiary/aromatic N) is 3. The van der Waals surface area contributed by atoms with Crippen LogP contribution in [0.5, 0.6) is 0 Å². The molecule has 0 radical (unpaired) electrons. The highest BCUT2D eigenvalue weighted by atomic mass is 28.3. The molecule has 32 heavy (non-hydrogen) atoms. The smallest absolute Gasteiger partial charge is 0.350 e. The summed E-state index contributed by atoms with van der Waals surface area (Å²) >= 11 is 0. The van der Waals surface area contributed by atoms with Gasteiger partial charge < -0.3 is 9.80 Å². The lowest BCUT2D eigenvalue weighted by Crippen LogP contribution is -2.70. The van der Waals surface area contributed by atoms with Gasteiger partial charge in [0.2, 0.25) is 14.4 Å². The number of rotatable bonds is 9. The fraction of sp³-hybridized carbons (Fsp3) is 0.933. The van der Waals surface area contributed by atoms with E-state index in [-0.39, 0.29) is 5.96 Å². The molecule has 0 spiro atoms. The van der Waals surface area contributed by atoms with Crippen molar-refractivity contribution in [2.45, 2.75) is 61.3 Å². The van der Waals surface area contributed by atoms with Crippen molar-refractivity contribution in [1.82, 2.24) is 9.80 Å². The average Bonchev–Trinajstić information content (AvgIpc) is 2.62. The summed E-state index contributed by atoms with van der Waals surface area (Å²) in [6.07, 6.45) is -14.7. The first-order valence-electron chi connectivity index (χ1n) is 8.57. The second kappa shape index (κ2) is 9.44. The molecule has 0 saturated carbocycles. The van der Waals surface area contributed by atoms with Crippen molar-refractivity contribution in [3.05, 3.63) is 0 Å². The molecule has 0 saturated heterocycles. The normalized spacial score (nSPS) is 17.1. The molecular weight excluding hydrogens is 497 g/mol. The Morgan fingerprint density at radius 2 is 1.03 bits per heavy atom. The summed E-state index contributed by atoms with van der Waals surface area (Å²) < 4.78 is 179. The van der Waals surface area contributed by atoms with Crippen LogP contribution in [0.25, 0.3) is 0 Å². The average molecular weight is 519 g/mol. The molecule has 0 aliphatic rings. The van der Waals surface area contributed by atoms with E-state index in [1.807, 2.05) is 0 Å². The summed E-state index contributed by atoms with van der Waals surface area (Å²) in [5, 5.41) is 0. The highest BCUT2D eigenvalue weighted by Gasteiger charge is 2.85. The van der Waals surface area contributed by atoms with Gasteiger partial charge in [-0.1, -0.05) is 0 Å². The van der Waals surface area contributed by atoms with Crippen LogP contribution < -0.4 is 0 Å². The molecule has 3 unspecified atom stereocenters. The molecular formula is C15H22F13N3Si. The van der Waals surface area contributed by atoms with E-state index in [4.69, 9.17) is 0 Å². The van der Waals surface area contributed by atoms with E-state index >= 15 is 0 Å². The second-order valence-corrected chi connectivity index (χ2v) is 11.8. The predicted octanol–water partition coefficient (Wildman–Crippen LogP) is 5.03. The lowest BCUT2D eigenvalue weighted by Gasteiger charge is -2.41. The number of guanidine groups is 1. The van der Waals surface area contributed by atoms with Crippen molar-refractivity contribution in [3.8, 4) is 0 Å². The lowest BCUT2D eigenvalue weighted by molar-refractivity contribution is -0.383. The summed E-state index contributed by atoms with van der Waals surface area (Å²) in [7, 11) is 0.446. The minimum Gasteiger partial charge on any atom is -0.350 e. The van der Waals surface area contributed by atoms with E-state index in [2.05, 4.69) is 4.66 Å². The first kappa shape index (κ1) is 30.6. The Hall–Kier alpha value is -1.42.